The standard InChI is InChI=1S/C16H16F2O2/c1-9-6-10(2)15(14(7-9)20-3)16(19)12-5-4-11(17)8-13(12)18/h4-8,16,19H,1-3H3. The maximum atomic E-state index is 13.8. The van der Waals surface area contributed by atoms with Gasteiger partial charge in [0.1, 0.15) is 23.5 Å². The van der Waals surface area contributed by atoms with Crippen LogP contribution >= 0.6 is 0 Å². The normalized spacial score (nSPS) is 12.3. The van der Waals surface area contributed by atoms with Crippen molar-refractivity contribution in [2.24, 2.45) is 0 Å². The van der Waals surface area contributed by atoms with Crippen LogP contribution in [0.15, 0.2) is 30.3 Å². The van der Waals surface area contributed by atoms with E-state index >= 15 is 0 Å². The van der Waals surface area contributed by atoms with Gasteiger partial charge in [-0.3, -0.25) is 0 Å². The van der Waals surface area contributed by atoms with Gasteiger partial charge in [-0.25, -0.2) is 8.78 Å². The van der Waals surface area contributed by atoms with Crippen molar-refractivity contribution in [1.29, 1.82) is 0 Å². The van der Waals surface area contributed by atoms with Crippen LogP contribution in [0.1, 0.15) is 28.4 Å². The molecular weight excluding hydrogens is 262 g/mol. The zero-order chi connectivity index (χ0) is 14.9. The highest BCUT2D eigenvalue weighted by Gasteiger charge is 2.21. The molecule has 1 N–H and O–H groups in total. The van der Waals surface area contributed by atoms with Crippen molar-refractivity contribution in [2.45, 2.75) is 20.0 Å². The Kier molecular flexibility index (Phi) is 4.04. The average molecular weight is 278 g/mol. The quantitative estimate of drug-likeness (QED) is 0.928. The molecule has 0 radical (unpaired) electrons. The summed E-state index contributed by atoms with van der Waals surface area (Å²) in [5, 5.41) is 10.4. The van der Waals surface area contributed by atoms with E-state index in [4.69, 9.17) is 4.74 Å². The first-order chi connectivity index (χ1) is 9.43. The first-order valence-electron chi connectivity index (χ1n) is 6.22. The minimum absolute atomic E-state index is 0.0247. The number of aliphatic hydroxyl groups excluding tert-OH is 1. The van der Waals surface area contributed by atoms with E-state index in [1.54, 1.807) is 6.07 Å². The van der Waals surface area contributed by atoms with Crippen LogP contribution in [-0.2, 0) is 0 Å². The maximum Gasteiger partial charge on any atom is 0.132 e. The van der Waals surface area contributed by atoms with E-state index in [9.17, 15) is 13.9 Å². The summed E-state index contributed by atoms with van der Waals surface area (Å²) in [6.45, 7) is 3.72. The van der Waals surface area contributed by atoms with E-state index in [-0.39, 0.29) is 5.56 Å². The summed E-state index contributed by atoms with van der Waals surface area (Å²) in [5.74, 6) is -0.968. The van der Waals surface area contributed by atoms with Crippen LogP contribution in [0, 0.1) is 25.5 Å². The molecule has 0 saturated carbocycles. The van der Waals surface area contributed by atoms with Crippen molar-refractivity contribution in [3.63, 3.8) is 0 Å². The van der Waals surface area contributed by atoms with Crippen LogP contribution < -0.4 is 4.74 Å². The summed E-state index contributed by atoms with van der Waals surface area (Å²) in [4.78, 5) is 0. The molecule has 1 unspecified atom stereocenters. The molecule has 2 nitrogen and oxygen atoms in total. The molecule has 0 aromatic heterocycles. The SMILES string of the molecule is COc1cc(C)cc(C)c1C(O)c1ccc(F)cc1F. The molecule has 0 spiro atoms. The van der Waals surface area contributed by atoms with Gasteiger partial charge in [-0.05, 0) is 37.1 Å². The lowest BCUT2D eigenvalue weighted by atomic mass is 9.94. The Hall–Kier alpha value is -1.94. The van der Waals surface area contributed by atoms with Gasteiger partial charge in [0, 0.05) is 17.2 Å². The molecule has 1 atom stereocenters. The Bertz CT molecular complexity index is 639. The van der Waals surface area contributed by atoms with Gasteiger partial charge in [0.05, 0.1) is 7.11 Å². The van der Waals surface area contributed by atoms with E-state index < -0.39 is 17.7 Å². The van der Waals surface area contributed by atoms with Crippen LogP contribution in [0.25, 0.3) is 0 Å². The number of hydrogen-bond acceptors (Lipinski definition) is 2. The van der Waals surface area contributed by atoms with Crippen molar-refractivity contribution in [3.05, 3.63) is 64.2 Å². The molecule has 20 heavy (non-hydrogen) atoms. The fourth-order valence-corrected chi connectivity index (χ4v) is 2.34. The van der Waals surface area contributed by atoms with Crippen LogP contribution in [-0.4, -0.2) is 12.2 Å². The molecule has 0 aliphatic heterocycles. The summed E-state index contributed by atoms with van der Waals surface area (Å²) >= 11 is 0. The maximum absolute atomic E-state index is 13.8. The average Bonchev–Trinajstić information content (AvgIpc) is 2.37. The molecule has 0 heterocycles. The second-order valence-electron chi connectivity index (χ2n) is 4.77. The third kappa shape index (κ3) is 2.65. The Morgan fingerprint density at radius 3 is 2.40 bits per heavy atom. The summed E-state index contributed by atoms with van der Waals surface area (Å²) in [6.07, 6.45) is -1.20. The Balaban J connectivity index is 2.55. The van der Waals surface area contributed by atoms with Gasteiger partial charge in [0.25, 0.3) is 0 Å². The Morgan fingerprint density at radius 1 is 1.10 bits per heavy atom. The van der Waals surface area contributed by atoms with E-state index in [2.05, 4.69) is 0 Å². The minimum atomic E-state index is -1.20. The van der Waals surface area contributed by atoms with Crippen molar-refractivity contribution < 1.29 is 18.6 Å². The molecule has 2 aromatic rings. The van der Waals surface area contributed by atoms with Crippen LogP contribution in [0.4, 0.5) is 8.78 Å². The highest BCUT2D eigenvalue weighted by molar-refractivity contribution is 5.47. The first kappa shape index (κ1) is 14.5. The molecule has 0 aliphatic carbocycles. The molecule has 4 heteroatoms. The van der Waals surface area contributed by atoms with Crippen LogP contribution in [0.3, 0.4) is 0 Å². The van der Waals surface area contributed by atoms with Gasteiger partial charge in [-0.15, -0.1) is 0 Å². The molecular formula is C16H16F2O2. The van der Waals surface area contributed by atoms with Gasteiger partial charge in [0.15, 0.2) is 0 Å². The molecule has 106 valence electrons. The van der Waals surface area contributed by atoms with E-state index in [0.717, 1.165) is 23.3 Å². The number of halogens is 2. The van der Waals surface area contributed by atoms with Gasteiger partial charge in [0.2, 0.25) is 0 Å². The first-order valence-corrected chi connectivity index (χ1v) is 6.22. The van der Waals surface area contributed by atoms with Crippen LogP contribution in [0.5, 0.6) is 5.75 Å². The number of rotatable bonds is 3. The van der Waals surface area contributed by atoms with E-state index in [0.29, 0.717) is 11.3 Å². The zero-order valence-electron chi connectivity index (χ0n) is 11.6. The number of aryl methyl sites for hydroxylation is 2. The van der Waals surface area contributed by atoms with Crippen LogP contribution in [0.2, 0.25) is 0 Å². The van der Waals surface area contributed by atoms with E-state index in [1.807, 2.05) is 19.9 Å². The van der Waals surface area contributed by atoms with Crippen molar-refractivity contribution in [1.82, 2.24) is 0 Å². The monoisotopic (exact) mass is 278 g/mol. The Morgan fingerprint density at radius 2 is 1.80 bits per heavy atom. The van der Waals surface area contributed by atoms with Gasteiger partial charge >= 0.3 is 0 Å². The van der Waals surface area contributed by atoms with Gasteiger partial charge < -0.3 is 9.84 Å². The predicted molar refractivity (Wildman–Crippen MR) is 72.9 cm³/mol. The highest BCUT2D eigenvalue weighted by atomic mass is 19.1. The number of benzene rings is 2. The fraction of sp³-hybridized carbons (Fsp3) is 0.250. The molecule has 0 amide bonds. The summed E-state index contributed by atoms with van der Waals surface area (Å²) in [5.41, 5.74) is 2.29. The lowest BCUT2D eigenvalue weighted by Gasteiger charge is -2.19. The third-order valence-electron chi connectivity index (χ3n) is 3.24. The lowest BCUT2D eigenvalue weighted by Crippen LogP contribution is -2.07. The lowest BCUT2D eigenvalue weighted by molar-refractivity contribution is 0.208. The molecule has 0 saturated heterocycles. The summed E-state index contributed by atoms with van der Waals surface area (Å²) in [7, 11) is 1.49. The predicted octanol–water partition coefficient (Wildman–Crippen LogP) is 3.67. The van der Waals surface area contributed by atoms with Crippen molar-refractivity contribution >= 4 is 0 Å². The van der Waals surface area contributed by atoms with Gasteiger partial charge in [-0.2, -0.15) is 0 Å². The van der Waals surface area contributed by atoms with Gasteiger partial charge in [-0.1, -0.05) is 12.1 Å². The zero-order valence-corrected chi connectivity index (χ0v) is 11.6. The smallest absolute Gasteiger partial charge is 0.132 e. The highest BCUT2D eigenvalue weighted by Crippen LogP contribution is 2.34. The number of ether oxygens (including phenoxy) is 1. The molecule has 2 aromatic carbocycles. The molecule has 2 rings (SSSR count). The number of hydrogen-bond donors (Lipinski definition) is 1. The van der Waals surface area contributed by atoms with E-state index in [1.165, 1.54) is 13.2 Å². The number of methoxy groups -OCH3 is 1. The topological polar surface area (TPSA) is 29.5 Å². The number of aliphatic hydroxyl groups is 1. The molecule has 0 fully saturated rings. The van der Waals surface area contributed by atoms with Crippen molar-refractivity contribution in [3.8, 4) is 5.75 Å². The summed E-state index contributed by atoms with van der Waals surface area (Å²) < 4.78 is 32.0. The Labute approximate surface area is 116 Å². The second-order valence-corrected chi connectivity index (χ2v) is 4.77. The largest absolute Gasteiger partial charge is 0.496 e. The summed E-state index contributed by atoms with van der Waals surface area (Å²) in [6, 6.07) is 6.77. The minimum Gasteiger partial charge on any atom is -0.496 e. The third-order valence-corrected chi connectivity index (χ3v) is 3.24. The molecule has 0 aliphatic rings. The second kappa shape index (κ2) is 5.59. The van der Waals surface area contributed by atoms with Crippen molar-refractivity contribution in [2.75, 3.05) is 7.11 Å². The fourth-order valence-electron chi connectivity index (χ4n) is 2.34. The molecule has 0 bridgehead atoms.